The first-order valence-electron chi connectivity index (χ1n) is 6.43. The number of nitrogens with two attached hydrogens (primary N) is 1. The molecule has 3 nitrogen and oxygen atoms in total. The van der Waals surface area contributed by atoms with Gasteiger partial charge < -0.3 is 10.6 Å². The molecule has 1 unspecified atom stereocenters. The van der Waals surface area contributed by atoms with E-state index >= 15 is 0 Å². The zero-order valence-electron chi connectivity index (χ0n) is 11.1. The zero-order valence-corrected chi connectivity index (χ0v) is 11.9. The van der Waals surface area contributed by atoms with Crippen LogP contribution in [0.15, 0.2) is 23.1 Å². The van der Waals surface area contributed by atoms with Crippen LogP contribution in [-0.4, -0.2) is 25.2 Å². The number of thioether (sulfide) groups is 1. The quantitative estimate of drug-likeness (QED) is 0.499. The maximum Gasteiger partial charge on any atom is 0.126 e. The molecule has 0 saturated carbocycles. The van der Waals surface area contributed by atoms with Crippen molar-refractivity contribution in [2.75, 3.05) is 24.2 Å². The average Bonchev–Trinajstić information content (AvgIpc) is 2.86. The monoisotopic (exact) mass is 263 g/mol. The topological polar surface area (TPSA) is 53.1 Å². The number of benzene rings is 1. The van der Waals surface area contributed by atoms with E-state index in [1.54, 1.807) is 11.8 Å². The highest BCUT2D eigenvalue weighted by Gasteiger charge is 2.24. The van der Waals surface area contributed by atoms with E-state index in [2.05, 4.69) is 24.0 Å². The Labute approximate surface area is 113 Å². The van der Waals surface area contributed by atoms with Crippen LogP contribution in [0.1, 0.15) is 25.3 Å². The van der Waals surface area contributed by atoms with Gasteiger partial charge in [0, 0.05) is 23.7 Å². The van der Waals surface area contributed by atoms with Crippen molar-refractivity contribution in [2.45, 2.75) is 24.7 Å². The fraction of sp³-hybridized carbons (Fsp3) is 0.500. The van der Waals surface area contributed by atoms with Crippen LogP contribution >= 0.6 is 11.8 Å². The number of amidine groups is 1. The average molecular weight is 263 g/mol. The van der Waals surface area contributed by atoms with Crippen molar-refractivity contribution < 1.29 is 0 Å². The van der Waals surface area contributed by atoms with Crippen LogP contribution in [0.3, 0.4) is 0 Å². The van der Waals surface area contributed by atoms with E-state index < -0.39 is 0 Å². The molecular weight excluding hydrogens is 242 g/mol. The molecule has 0 aromatic heterocycles. The van der Waals surface area contributed by atoms with E-state index in [-0.39, 0.29) is 5.84 Å². The number of rotatable bonds is 4. The van der Waals surface area contributed by atoms with E-state index in [1.165, 1.54) is 12.8 Å². The van der Waals surface area contributed by atoms with Gasteiger partial charge in [-0.3, -0.25) is 5.41 Å². The molecule has 1 fully saturated rings. The molecule has 0 bridgehead atoms. The third-order valence-corrected chi connectivity index (χ3v) is 4.48. The van der Waals surface area contributed by atoms with Crippen molar-refractivity contribution in [1.29, 1.82) is 5.41 Å². The first kappa shape index (κ1) is 13.3. The molecule has 2 rings (SSSR count). The smallest absolute Gasteiger partial charge is 0.126 e. The SMILES string of the molecule is CCC1CCN(c2cccc(SC)c2C(=N)N)C1. The Bertz CT molecular complexity index is 445. The number of hydrogen-bond acceptors (Lipinski definition) is 3. The summed E-state index contributed by atoms with van der Waals surface area (Å²) in [6, 6.07) is 6.19. The molecular formula is C14H21N3S. The summed E-state index contributed by atoms with van der Waals surface area (Å²) in [6.45, 7) is 4.42. The second kappa shape index (κ2) is 5.65. The van der Waals surface area contributed by atoms with Gasteiger partial charge >= 0.3 is 0 Å². The maximum absolute atomic E-state index is 7.82. The van der Waals surface area contributed by atoms with Gasteiger partial charge in [-0.25, -0.2) is 0 Å². The van der Waals surface area contributed by atoms with E-state index in [1.807, 2.05) is 12.3 Å². The van der Waals surface area contributed by atoms with Crippen LogP contribution in [0.2, 0.25) is 0 Å². The molecule has 0 amide bonds. The lowest BCUT2D eigenvalue weighted by Gasteiger charge is -2.23. The van der Waals surface area contributed by atoms with Gasteiger partial charge in [0.1, 0.15) is 5.84 Å². The van der Waals surface area contributed by atoms with E-state index in [4.69, 9.17) is 11.1 Å². The molecule has 1 aliphatic rings. The summed E-state index contributed by atoms with van der Waals surface area (Å²) in [5, 5.41) is 7.82. The first-order valence-corrected chi connectivity index (χ1v) is 7.66. The molecule has 18 heavy (non-hydrogen) atoms. The first-order chi connectivity index (χ1) is 8.67. The Morgan fingerprint density at radius 2 is 2.33 bits per heavy atom. The van der Waals surface area contributed by atoms with Crippen LogP contribution < -0.4 is 10.6 Å². The van der Waals surface area contributed by atoms with Gasteiger partial charge in [0.15, 0.2) is 0 Å². The predicted octanol–water partition coefficient (Wildman–Crippen LogP) is 2.93. The van der Waals surface area contributed by atoms with Gasteiger partial charge in [0.05, 0.1) is 5.56 Å². The van der Waals surface area contributed by atoms with Gasteiger partial charge in [-0.2, -0.15) is 0 Å². The highest BCUT2D eigenvalue weighted by Crippen LogP contribution is 2.33. The second-order valence-corrected chi connectivity index (χ2v) is 5.63. The normalized spacial score (nSPS) is 19.2. The predicted molar refractivity (Wildman–Crippen MR) is 79.9 cm³/mol. The zero-order chi connectivity index (χ0) is 13.1. The largest absolute Gasteiger partial charge is 0.384 e. The van der Waals surface area contributed by atoms with Crippen LogP contribution in [-0.2, 0) is 0 Å². The molecule has 1 atom stereocenters. The van der Waals surface area contributed by atoms with Gasteiger partial charge in [0.2, 0.25) is 0 Å². The Morgan fingerprint density at radius 1 is 1.56 bits per heavy atom. The highest BCUT2D eigenvalue weighted by atomic mass is 32.2. The lowest BCUT2D eigenvalue weighted by molar-refractivity contribution is 0.569. The standard InChI is InChI=1S/C14H21N3S/c1-3-10-7-8-17(9-10)11-5-4-6-12(18-2)13(11)14(15)16/h4-6,10H,3,7-9H2,1-2H3,(H3,15,16). The second-order valence-electron chi connectivity index (χ2n) is 4.78. The van der Waals surface area contributed by atoms with Crippen molar-refractivity contribution in [3.8, 4) is 0 Å². The lowest BCUT2D eigenvalue weighted by Crippen LogP contribution is -2.24. The summed E-state index contributed by atoms with van der Waals surface area (Å²) in [4.78, 5) is 3.48. The van der Waals surface area contributed by atoms with Crippen LogP contribution in [0, 0.1) is 11.3 Å². The van der Waals surface area contributed by atoms with Gasteiger partial charge in [0.25, 0.3) is 0 Å². The molecule has 1 heterocycles. The molecule has 1 aliphatic heterocycles. The summed E-state index contributed by atoms with van der Waals surface area (Å²) in [6.07, 6.45) is 4.51. The van der Waals surface area contributed by atoms with Gasteiger partial charge in [-0.15, -0.1) is 11.8 Å². The lowest BCUT2D eigenvalue weighted by atomic mass is 10.1. The minimum absolute atomic E-state index is 0.176. The fourth-order valence-corrected chi connectivity index (χ4v) is 3.24. The summed E-state index contributed by atoms with van der Waals surface area (Å²) in [5.41, 5.74) is 7.80. The Balaban J connectivity index is 2.36. The summed E-state index contributed by atoms with van der Waals surface area (Å²) >= 11 is 1.66. The summed E-state index contributed by atoms with van der Waals surface area (Å²) in [5.74, 6) is 0.956. The third kappa shape index (κ3) is 2.48. The van der Waals surface area contributed by atoms with E-state index in [0.29, 0.717) is 0 Å². The molecule has 0 aliphatic carbocycles. The Morgan fingerprint density at radius 3 is 2.89 bits per heavy atom. The number of nitrogen functional groups attached to an aromatic ring is 1. The summed E-state index contributed by atoms with van der Waals surface area (Å²) in [7, 11) is 0. The minimum Gasteiger partial charge on any atom is -0.384 e. The molecule has 4 heteroatoms. The van der Waals surface area contributed by atoms with Crippen LogP contribution in [0.4, 0.5) is 5.69 Å². The van der Waals surface area contributed by atoms with Crippen LogP contribution in [0.25, 0.3) is 0 Å². The Kier molecular flexibility index (Phi) is 4.17. The minimum atomic E-state index is 0.176. The number of nitrogens with one attached hydrogen (secondary N) is 1. The van der Waals surface area contributed by atoms with Crippen molar-refractivity contribution in [2.24, 2.45) is 11.7 Å². The highest BCUT2D eigenvalue weighted by molar-refractivity contribution is 7.98. The van der Waals surface area contributed by atoms with Crippen molar-refractivity contribution in [3.05, 3.63) is 23.8 Å². The molecule has 3 N–H and O–H groups in total. The van der Waals surface area contributed by atoms with Crippen LogP contribution in [0.5, 0.6) is 0 Å². The molecule has 1 aromatic carbocycles. The molecule has 98 valence electrons. The van der Waals surface area contributed by atoms with E-state index in [0.717, 1.165) is 35.2 Å². The fourth-order valence-electron chi connectivity index (χ4n) is 2.61. The van der Waals surface area contributed by atoms with Gasteiger partial charge in [-0.1, -0.05) is 19.4 Å². The molecule has 1 aromatic rings. The number of nitrogens with zero attached hydrogens (tertiary/aromatic N) is 1. The third-order valence-electron chi connectivity index (χ3n) is 3.70. The Hall–Kier alpha value is -1.16. The number of anilines is 1. The molecule has 0 radical (unpaired) electrons. The molecule has 0 spiro atoms. The van der Waals surface area contributed by atoms with Crippen molar-refractivity contribution in [1.82, 2.24) is 0 Å². The molecule has 1 saturated heterocycles. The summed E-state index contributed by atoms with van der Waals surface area (Å²) < 4.78 is 0. The number of hydrogen-bond donors (Lipinski definition) is 2. The van der Waals surface area contributed by atoms with E-state index in [9.17, 15) is 0 Å². The van der Waals surface area contributed by atoms with Crippen molar-refractivity contribution in [3.63, 3.8) is 0 Å². The van der Waals surface area contributed by atoms with Crippen molar-refractivity contribution >= 4 is 23.3 Å². The maximum atomic E-state index is 7.82. The van der Waals surface area contributed by atoms with Gasteiger partial charge in [-0.05, 0) is 30.7 Å².